The zero-order chi connectivity index (χ0) is 18.1. The van der Waals surface area contributed by atoms with Crippen LogP contribution in [0.4, 0.5) is 17.1 Å². The summed E-state index contributed by atoms with van der Waals surface area (Å²) in [5.74, 6) is 0.803. The Morgan fingerprint density at radius 3 is 2.65 bits per heavy atom. The number of hydrogen-bond donors (Lipinski definition) is 1. The number of para-hydroxylation sites is 1. The monoisotopic (exact) mass is 343 g/mol. The molecule has 0 amide bonds. The van der Waals surface area contributed by atoms with Gasteiger partial charge in [0.1, 0.15) is 11.4 Å². The van der Waals surface area contributed by atoms with Crippen LogP contribution in [0.15, 0.2) is 59.6 Å². The van der Waals surface area contributed by atoms with Crippen LogP contribution >= 0.6 is 0 Å². The lowest BCUT2D eigenvalue weighted by atomic mass is 9.77. The Labute approximate surface area is 152 Å². The van der Waals surface area contributed by atoms with Crippen molar-refractivity contribution in [1.82, 2.24) is 0 Å². The van der Waals surface area contributed by atoms with Crippen molar-refractivity contribution in [1.29, 1.82) is 0 Å². The fourth-order valence-electron chi connectivity index (χ4n) is 4.40. The summed E-state index contributed by atoms with van der Waals surface area (Å²) in [4.78, 5) is 7.08. The molecule has 0 saturated carbocycles. The van der Waals surface area contributed by atoms with Crippen molar-refractivity contribution in [2.24, 2.45) is 4.99 Å². The Kier molecular flexibility index (Phi) is 2.81. The van der Waals surface area contributed by atoms with E-state index in [1.807, 2.05) is 36.5 Å². The van der Waals surface area contributed by atoms with E-state index in [-0.39, 0.29) is 5.41 Å². The van der Waals surface area contributed by atoms with Gasteiger partial charge in [-0.1, -0.05) is 30.3 Å². The largest absolute Gasteiger partial charge is 0.459 e. The summed E-state index contributed by atoms with van der Waals surface area (Å²) in [6.07, 6.45) is 1.96. The summed E-state index contributed by atoms with van der Waals surface area (Å²) < 4.78 is 6.67. The molecule has 0 fully saturated rings. The van der Waals surface area contributed by atoms with Gasteiger partial charge in [0.25, 0.3) is 0 Å². The predicted molar refractivity (Wildman–Crippen MR) is 108 cm³/mol. The molecule has 0 radical (unpaired) electrons. The normalized spacial score (nSPS) is 22.3. The van der Waals surface area contributed by atoms with Gasteiger partial charge in [0.2, 0.25) is 5.72 Å². The summed E-state index contributed by atoms with van der Waals surface area (Å²) >= 11 is 0. The van der Waals surface area contributed by atoms with E-state index >= 15 is 0 Å². The third-order valence-electron chi connectivity index (χ3n) is 5.95. The topological polar surface area (TPSA) is 50.8 Å². The summed E-state index contributed by atoms with van der Waals surface area (Å²) in [5.41, 5.74) is 9.10. The van der Waals surface area contributed by atoms with Crippen LogP contribution in [0.5, 0.6) is 5.75 Å². The number of ether oxygens (including phenoxy) is 1. The van der Waals surface area contributed by atoms with Crippen LogP contribution in [0.25, 0.3) is 10.8 Å². The van der Waals surface area contributed by atoms with Gasteiger partial charge in [0.05, 0.1) is 11.6 Å². The standard InChI is InChI=1S/C22H21N3O/c1-21(2)17-6-4-5-7-18(17)25(3)22(21)13-24-20-16-10-9-15(23)12-14(16)8-11-19(20)26-22/h4-13H,23H2,1-3H3. The molecule has 0 bridgehead atoms. The van der Waals surface area contributed by atoms with Crippen LogP contribution in [0, 0.1) is 0 Å². The molecule has 3 aromatic carbocycles. The van der Waals surface area contributed by atoms with Gasteiger partial charge in [0, 0.05) is 23.8 Å². The van der Waals surface area contributed by atoms with Crippen molar-refractivity contribution in [2.75, 3.05) is 17.7 Å². The summed E-state index contributed by atoms with van der Waals surface area (Å²) in [6.45, 7) is 4.43. The SMILES string of the molecule is CN1c2ccccc2C(C)(C)C12C=Nc1c(ccc3cc(N)ccc13)O2. The van der Waals surface area contributed by atoms with Gasteiger partial charge in [-0.25, -0.2) is 0 Å². The minimum atomic E-state index is -0.648. The molecule has 1 spiro atoms. The Morgan fingerprint density at radius 2 is 1.85 bits per heavy atom. The molecule has 0 aromatic heterocycles. The highest BCUT2D eigenvalue weighted by Crippen LogP contribution is 2.54. The number of aliphatic imine (C=N–C) groups is 1. The quantitative estimate of drug-likeness (QED) is 0.605. The lowest BCUT2D eigenvalue weighted by molar-refractivity contribution is 0.0826. The maximum Gasteiger partial charge on any atom is 0.228 e. The van der Waals surface area contributed by atoms with Crippen LogP contribution in [0.2, 0.25) is 0 Å². The number of nitrogens with zero attached hydrogens (tertiary/aromatic N) is 2. The number of nitrogens with two attached hydrogens (primary N) is 1. The van der Waals surface area contributed by atoms with Crippen molar-refractivity contribution in [2.45, 2.75) is 25.0 Å². The first-order valence-electron chi connectivity index (χ1n) is 8.84. The summed E-state index contributed by atoms with van der Waals surface area (Å²) in [6, 6.07) is 18.4. The molecule has 0 saturated heterocycles. The van der Waals surface area contributed by atoms with E-state index in [1.54, 1.807) is 0 Å². The lowest BCUT2D eigenvalue weighted by Crippen LogP contribution is -2.61. The van der Waals surface area contributed by atoms with Gasteiger partial charge in [-0.05, 0) is 49.1 Å². The molecule has 4 nitrogen and oxygen atoms in total. The van der Waals surface area contributed by atoms with Crippen molar-refractivity contribution < 1.29 is 4.74 Å². The Bertz CT molecular complexity index is 1090. The van der Waals surface area contributed by atoms with E-state index < -0.39 is 5.72 Å². The van der Waals surface area contributed by atoms with Crippen LogP contribution in [-0.2, 0) is 5.41 Å². The first kappa shape index (κ1) is 15.3. The van der Waals surface area contributed by atoms with Crippen molar-refractivity contribution >= 4 is 34.0 Å². The van der Waals surface area contributed by atoms with Crippen LogP contribution in [0.3, 0.4) is 0 Å². The number of rotatable bonds is 0. The molecule has 5 rings (SSSR count). The second-order valence-corrected chi connectivity index (χ2v) is 7.65. The molecular formula is C22H21N3O. The van der Waals surface area contributed by atoms with Crippen LogP contribution < -0.4 is 15.4 Å². The van der Waals surface area contributed by atoms with Crippen LogP contribution in [0.1, 0.15) is 19.4 Å². The molecule has 26 heavy (non-hydrogen) atoms. The van der Waals surface area contributed by atoms with Crippen molar-refractivity contribution in [3.8, 4) is 5.75 Å². The number of likely N-dealkylation sites (N-methyl/N-ethyl adjacent to an activating group) is 1. The van der Waals surface area contributed by atoms with Crippen molar-refractivity contribution in [3.05, 3.63) is 60.2 Å². The highest BCUT2D eigenvalue weighted by atomic mass is 16.5. The van der Waals surface area contributed by atoms with E-state index in [9.17, 15) is 0 Å². The van der Waals surface area contributed by atoms with E-state index in [1.165, 1.54) is 11.3 Å². The van der Waals surface area contributed by atoms with Gasteiger partial charge in [-0.2, -0.15) is 0 Å². The second-order valence-electron chi connectivity index (χ2n) is 7.65. The minimum absolute atomic E-state index is 0.240. The Balaban J connectivity index is 1.70. The summed E-state index contributed by atoms with van der Waals surface area (Å²) in [5, 5.41) is 2.13. The number of nitrogen functional groups attached to an aromatic ring is 1. The highest BCUT2D eigenvalue weighted by molar-refractivity contribution is 6.00. The molecule has 0 aliphatic carbocycles. The number of anilines is 2. The summed E-state index contributed by atoms with van der Waals surface area (Å²) in [7, 11) is 2.08. The molecule has 1 atom stereocenters. The number of hydrogen-bond acceptors (Lipinski definition) is 4. The first-order chi connectivity index (χ1) is 12.4. The molecule has 2 aliphatic heterocycles. The molecular weight excluding hydrogens is 322 g/mol. The molecule has 3 aromatic rings. The molecule has 2 N–H and O–H groups in total. The second kappa shape index (κ2) is 4.79. The van der Waals surface area contributed by atoms with E-state index in [0.29, 0.717) is 0 Å². The Hall–Kier alpha value is -3.01. The van der Waals surface area contributed by atoms with E-state index in [4.69, 9.17) is 15.5 Å². The minimum Gasteiger partial charge on any atom is -0.459 e. The van der Waals surface area contributed by atoms with Gasteiger partial charge >= 0.3 is 0 Å². The van der Waals surface area contributed by atoms with Gasteiger partial charge in [0.15, 0.2) is 0 Å². The lowest BCUT2D eigenvalue weighted by Gasteiger charge is -2.45. The molecule has 1 unspecified atom stereocenters. The molecule has 4 heteroatoms. The molecule has 2 aliphatic rings. The first-order valence-corrected chi connectivity index (χ1v) is 8.84. The average Bonchev–Trinajstić information content (AvgIpc) is 2.80. The fourth-order valence-corrected chi connectivity index (χ4v) is 4.40. The van der Waals surface area contributed by atoms with Crippen LogP contribution in [-0.4, -0.2) is 19.0 Å². The zero-order valence-corrected chi connectivity index (χ0v) is 15.2. The molecule has 130 valence electrons. The maximum atomic E-state index is 6.67. The molecule has 2 heterocycles. The fraction of sp³-hybridized carbons (Fsp3) is 0.227. The smallest absolute Gasteiger partial charge is 0.228 e. The maximum absolute atomic E-state index is 6.67. The van der Waals surface area contributed by atoms with Gasteiger partial charge < -0.3 is 15.4 Å². The Morgan fingerprint density at radius 1 is 1.04 bits per heavy atom. The van der Waals surface area contributed by atoms with Crippen molar-refractivity contribution in [3.63, 3.8) is 0 Å². The van der Waals surface area contributed by atoms with E-state index in [2.05, 4.69) is 50.1 Å². The van der Waals surface area contributed by atoms with Gasteiger partial charge in [-0.3, -0.25) is 4.99 Å². The number of benzene rings is 3. The van der Waals surface area contributed by atoms with Gasteiger partial charge in [-0.15, -0.1) is 0 Å². The average molecular weight is 343 g/mol. The third-order valence-corrected chi connectivity index (χ3v) is 5.95. The number of fused-ring (bicyclic) bond motifs is 4. The van der Waals surface area contributed by atoms with E-state index in [0.717, 1.165) is 27.9 Å². The predicted octanol–water partition coefficient (Wildman–Crippen LogP) is 4.64. The zero-order valence-electron chi connectivity index (χ0n) is 15.2. The highest BCUT2D eigenvalue weighted by Gasteiger charge is 2.58. The third kappa shape index (κ3) is 1.71.